The molecule has 1 aliphatic heterocycles. The first-order valence-corrected chi connectivity index (χ1v) is 9.04. The van der Waals surface area contributed by atoms with E-state index < -0.39 is 0 Å². The third kappa shape index (κ3) is 2.62. The third-order valence-electron chi connectivity index (χ3n) is 5.23. The molecule has 2 aliphatic rings. The number of fused-ring (bicyclic) bond motifs is 1. The van der Waals surface area contributed by atoms with Gasteiger partial charge in [0.1, 0.15) is 6.33 Å². The third-order valence-corrected chi connectivity index (χ3v) is 5.23. The number of nitrogens with zero attached hydrogens (tertiary/aromatic N) is 6. The number of benzene rings is 1. The number of rotatable bonds is 3. The molecule has 1 saturated carbocycles. The molecule has 128 valence electrons. The van der Waals surface area contributed by atoms with E-state index in [9.17, 15) is 0 Å². The van der Waals surface area contributed by atoms with Crippen LogP contribution in [0.4, 0.5) is 11.5 Å². The average Bonchev–Trinajstić information content (AvgIpc) is 3.40. The molecule has 0 unspecified atom stereocenters. The predicted octanol–water partition coefficient (Wildman–Crippen LogP) is 2.80. The van der Waals surface area contributed by atoms with Crippen molar-refractivity contribution in [2.75, 3.05) is 36.0 Å². The fraction of sp³-hybridized carbons (Fsp3) is 0.421. The zero-order valence-corrected chi connectivity index (χ0v) is 14.5. The molecule has 6 heteroatoms. The average molecular weight is 334 g/mol. The highest BCUT2D eigenvalue weighted by Gasteiger charge is 2.27. The number of imidazole rings is 1. The van der Waals surface area contributed by atoms with Crippen LogP contribution in [0.25, 0.3) is 11.2 Å². The molecule has 25 heavy (non-hydrogen) atoms. The van der Waals surface area contributed by atoms with E-state index in [-0.39, 0.29) is 0 Å². The van der Waals surface area contributed by atoms with Crippen LogP contribution in [-0.4, -0.2) is 45.7 Å². The molecule has 2 aromatic heterocycles. The van der Waals surface area contributed by atoms with Crippen molar-refractivity contribution in [3.05, 3.63) is 42.5 Å². The van der Waals surface area contributed by atoms with Crippen LogP contribution in [0.2, 0.25) is 0 Å². The number of piperazine rings is 1. The lowest BCUT2D eigenvalue weighted by Crippen LogP contribution is -2.47. The van der Waals surface area contributed by atoms with Gasteiger partial charge >= 0.3 is 0 Å². The summed E-state index contributed by atoms with van der Waals surface area (Å²) >= 11 is 0. The van der Waals surface area contributed by atoms with Gasteiger partial charge in [-0.1, -0.05) is 12.1 Å². The number of anilines is 2. The number of hydrogen-bond acceptors (Lipinski definition) is 5. The molecule has 1 aromatic carbocycles. The second-order valence-corrected chi connectivity index (χ2v) is 7.07. The molecule has 6 nitrogen and oxygen atoms in total. The first kappa shape index (κ1) is 14.7. The van der Waals surface area contributed by atoms with Crippen LogP contribution < -0.4 is 9.80 Å². The zero-order chi connectivity index (χ0) is 16.8. The zero-order valence-electron chi connectivity index (χ0n) is 14.5. The van der Waals surface area contributed by atoms with Crippen LogP contribution in [0.5, 0.6) is 0 Å². The Hall–Kier alpha value is -2.63. The largest absolute Gasteiger partial charge is 0.368 e. The van der Waals surface area contributed by atoms with Crippen LogP contribution in [0, 0.1) is 6.92 Å². The molecule has 3 heterocycles. The molecule has 3 aromatic rings. The molecule has 2 fully saturated rings. The topological polar surface area (TPSA) is 50.1 Å². The van der Waals surface area contributed by atoms with Gasteiger partial charge in [-0.15, -0.1) is 0 Å². The van der Waals surface area contributed by atoms with Crippen molar-refractivity contribution in [1.29, 1.82) is 0 Å². The lowest BCUT2D eigenvalue weighted by Gasteiger charge is -2.36. The quantitative estimate of drug-likeness (QED) is 0.737. The standard InChI is InChI=1S/C19H22N6/c1-14-3-2-4-16(11-14)23-7-9-24(10-8-23)18-17-19(21-12-20-18)25(13-22-17)15-5-6-15/h2-4,11-13,15H,5-10H2,1H3. The van der Waals surface area contributed by atoms with Crippen molar-refractivity contribution in [3.8, 4) is 0 Å². The highest BCUT2D eigenvalue weighted by Crippen LogP contribution is 2.37. The Morgan fingerprint density at radius 1 is 0.960 bits per heavy atom. The van der Waals surface area contributed by atoms with Gasteiger partial charge in [-0.2, -0.15) is 0 Å². The first-order valence-electron chi connectivity index (χ1n) is 9.04. The second-order valence-electron chi connectivity index (χ2n) is 7.07. The maximum absolute atomic E-state index is 4.63. The Balaban J connectivity index is 1.38. The van der Waals surface area contributed by atoms with E-state index in [1.54, 1.807) is 6.33 Å². The summed E-state index contributed by atoms with van der Waals surface area (Å²) < 4.78 is 2.21. The molecule has 0 N–H and O–H groups in total. The van der Waals surface area contributed by atoms with Crippen LogP contribution in [0.3, 0.4) is 0 Å². The van der Waals surface area contributed by atoms with E-state index in [2.05, 4.69) is 60.5 Å². The number of aromatic nitrogens is 4. The highest BCUT2D eigenvalue weighted by atomic mass is 15.3. The van der Waals surface area contributed by atoms with Gasteiger partial charge in [0.05, 0.1) is 6.33 Å². The minimum atomic E-state index is 0.589. The second kappa shape index (κ2) is 5.72. The monoisotopic (exact) mass is 334 g/mol. The van der Waals surface area contributed by atoms with Crippen LogP contribution in [0.1, 0.15) is 24.4 Å². The van der Waals surface area contributed by atoms with Crippen molar-refractivity contribution < 1.29 is 0 Å². The van der Waals surface area contributed by atoms with Crippen LogP contribution in [0.15, 0.2) is 36.9 Å². The SMILES string of the molecule is Cc1cccc(N2CCN(c3ncnc4c3ncn4C3CC3)CC2)c1. The highest BCUT2D eigenvalue weighted by molar-refractivity contribution is 5.83. The van der Waals surface area contributed by atoms with E-state index >= 15 is 0 Å². The smallest absolute Gasteiger partial charge is 0.165 e. The summed E-state index contributed by atoms with van der Waals surface area (Å²) in [4.78, 5) is 18.5. The lowest BCUT2D eigenvalue weighted by molar-refractivity contribution is 0.648. The van der Waals surface area contributed by atoms with Crippen molar-refractivity contribution >= 4 is 22.7 Å². The molecular weight excluding hydrogens is 312 g/mol. The Morgan fingerprint density at radius 3 is 2.52 bits per heavy atom. The van der Waals surface area contributed by atoms with E-state index in [1.165, 1.54) is 24.1 Å². The van der Waals surface area contributed by atoms with E-state index in [0.717, 1.165) is 43.2 Å². The van der Waals surface area contributed by atoms with Gasteiger partial charge in [-0.05, 0) is 37.5 Å². The molecule has 1 aliphatic carbocycles. The van der Waals surface area contributed by atoms with Crippen molar-refractivity contribution in [3.63, 3.8) is 0 Å². The van der Waals surface area contributed by atoms with E-state index in [1.807, 2.05) is 6.33 Å². The van der Waals surface area contributed by atoms with Gasteiger partial charge in [-0.3, -0.25) is 0 Å². The summed E-state index contributed by atoms with van der Waals surface area (Å²) in [5, 5.41) is 0. The number of aryl methyl sites for hydroxylation is 1. The molecule has 0 radical (unpaired) electrons. The molecular formula is C19H22N6. The molecule has 5 rings (SSSR count). The van der Waals surface area contributed by atoms with Gasteiger partial charge < -0.3 is 14.4 Å². The minimum Gasteiger partial charge on any atom is -0.368 e. The summed E-state index contributed by atoms with van der Waals surface area (Å²) in [7, 11) is 0. The summed E-state index contributed by atoms with van der Waals surface area (Å²) in [6.07, 6.45) is 6.09. The maximum Gasteiger partial charge on any atom is 0.165 e. The summed E-state index contributed by atoms with van der Waals surface area (Å²) in [5.41, 5.74) is 4.54. The summed E-state index contributed by atoms with van der Waals surface area (Å²) in [6.45, 7) is 6.05. The van der Waals surface area contributed by atoms with Gasteiger partial charge in [0.25, 0.3) is 0 Å². The summed E-state index contributed by atoms with van der Waals surface area (Å²) in [6, 6.07) is 9.33. The van der Waals surface area contributed by atoms with Crippen molar-refractivity contribution in [1.82, 2.24) is 19.5 Å². The molecule has 0 atom stereocenters. The minimum absolute atomic E-state index is 0.589. The molecule has 0 bridgehead atoms. The molecule has 1 saturated heterocycles. The van der Waals surface area contributed by atoms with Crippen molar-refractivity contribution in [2.24, 2.45) is 0 Å². The van der Waals surface area contributed by atoms with Crippen LogP contribution in [-0.2, 0) is 0 Å². The van der Waals surface area contributed by atoms with Gasteiger partial charge in [0.2, 0.25) is 0 Å². The normalized spacial score (nSPS) is 18.1. The van der Waals surface area contributed by atoms with Gasteiger partial charge in [0.15, 0.2) is 17.0 Å². The maximum atomic E-state index is 4.63. The Labute approximate surface area is 147 Å². The van der Waals surface area contributed by atoms with Gasteiger partial charge in [0, 0.05) is 37.9 Å². The molecule has 0 amide bonds. The Bertz CT molecular complexity index is 905. The fourth-order valence-electron chi connectivity index (χ4n) is 3.69. The lowest BCUT2D eigenvalue weighted by atomic mass is 10.2. The molecule has 0 spiro atoms. The van der Waals surface area contributed by atoms with Crippen LogP contribution >= 0.6 is 0 Å². The van der Waals surface area contributed by atoms with Gasteiger partial charge in [-0.25, -0.2) is 15.0 Å². The Morgan fingerprint density at radius 2 is 1.76 bits per heavy atom. The number of hydrogen-bond donors (Lipinski definition) is 0. The van der Waals surface area contributed by atoms with Crippen molar-refractivity contribution in [2.45, 2.75) is 25.8 Å². The van der Waals surface area contributed by atoms with E-state index in [4.69, 9.17) is 0 Å². The predicted molar refractivity (Wildman–Crippen MR) is 99.2 cm³/mol. The first-order chi connectivity index (χ1) is 12.3. The Kier molecular flexibility index (Phi) is 3.36. The van der Waals surface area contributed by atoms with E-state index in [0.29, 0.717) is 6.04 Å². The fourth-order valence-corrected chi connectivity index (χ4v) is 3.69. The summed E-state index contributed by atoms with van der Waals surface area (Å²) in [5.74, 6) is 0.980.